The molecular formula is C11H13ClN4O2S. The zero-order valence-electron chi connectivity index (χ0n) is 10.6. The molecule has 0 amide bonds. The Morgan fingerprint density at radius 2 is 2.32 bits per heavy atom. The molecule has 0 aliphatic rings. The predicted molar refractivity (Wildman–Crippen MR) is 71.0 cm³/mol. The second kappa shape index (κ2) is 6.12. The summed E-state index contributed by atoms with van der Waals surface area (Å²) in [4.78, 5) is 11.6. The highest BCUT2D eigenvalue weighted by molar-refractivity contribution is 7.10. The number of aryl methyl sites for hydroxylation is 3. The maximum Gasteiger partial charge on any atom is 0.308 e. The van der Waals surface area contributed by atoms with Crippen LogP contribution in [-0.4, -0.2) is 25.3 Å². The molecule has 0 N–H and O–H groups in total. The Morgan fingerprint density at radius 1 is 1.53 bits per heavy atom. The third-order valence-electron chi connectivity index (χ3n) is 2.51. The van der Waals surface area contributed by atoms with Gasteiger partial charge in [0.05, 0.1) is 18.7 Å². The fraction of sp³-hybridized carbons (Fsp3) is 0.455. The van der Waals surface area contributed by atoms with Crippen molar-refractivity contribution in [1.82, 2.24) is 19.4 Å². The van der Waals surface area contributed by atoms with Crippen LogP contribution in [0.2, 0.25) is 4.34 Å². The van der Waals surface area contributed by atoms with Gasteiger partial charge in [-0.1, -0.05) is 16.1 Å². The van der Waals surface area contributed by atoms with Gasteiger partial charge in [-0.25, -0.2) is 0 Å². The molecule has 0 bridgehead atoms. The van der Waals surface area contributed by atoms with Crippen molar-refractivity contribution in [3.8, 4) is 0 Å². The Balaban J connectivity index is 1.79. The van der Waals surface area contributed by atoms with E-state index in [1.165, 1.54) is 0 Å². The standard InChI is InChI=1S/C11H13ClN4O2S/c1-7-5-8(2)16(14-7)4-3-10(17)18-6-9-11(12)19-15-13-9/h5H,3-4,6H2,1-2H3. The molecule has 2 aromatic heterocycles. The van der Waals surface area contributed by atoms with Gasteiger partial charge in [0.15, 0.2) is 0 Å². The van der Waals surface area contributed by atoms with Crippen LogP contribution in [0.1, 0.15) is 23.5 Å². The summed E-state index contributed by atoms with van der Waals surface area (Å²) in [5, 5.41) is 8.04. The molecule has 0 aliphatic carbocycles. The van der Waals surface area contributed by atoms with Crippen molar-refractivity contribution in [3.05, 3.63) is 27.5 Å². The molecule has 8 heteroatoms. The van der Waals surface area contributed by atoms with Crippen LogP contribution in [0.3, 0.4) is 0 Å². The number of rotatable bonds is 5. The van der Waals surface area contributed by atoms with E-state index in [9.17, 15) is 4.79 Å². The first-order valence-corrected chi connectivity index (χ1v) is 6.85. The van der Waals surface area contributed by atoms with Crippen molar-refractivity contribution in [2.75, 3.05) is 0 Å². The van der Waals surface area contributed by atoms with E-state index < -0.39 is 0 Å². The van der Waals surface area contributed by atoms with Crippen LogP contribution in [0.4, 0.5) is 0 Å². The third kappa shape index (κ3) is 3.74. The highest BCUT2D eigenvalue weighted by Crippen LogP contribution is 2.17. The minimum atomic E-state index is -0.309. The molecule has 19 heavy (non-hydrogen) atoms. The van der Waals surface area contributed by atoms with Crippen molar-refractivity contribution in [2.24, 2.45) is 0 Å². The predicted octanol–water partition coefficient (Wildman–Crippen LogP) is 2.14. The molecule has 0 fully saturated rings. The quantitative estimate of drug-likeness (QED) is 0.791. The van der Waals surface area contributed by atoms with Crippen LogP contribution < -0.4 is 0 Å². The van der Waals surface area contributed by atoms with Crippen molar-refractivity contribution in [1.29, 1.82) is 0 Å². The zero-order valence-corrected chi connectivity index (χ0v) is 12.2. The smallest absolute Gasteiger partial charge is 0.308 e. The van der Waals surface area contributed by atoms with Gasteiger partial charge in [-0.2, -0.15) is 5.10 Å². The first-order valence-electron chi connectivity index (χ1n) is 5.69. The number of hydrogen-bond acceptors (Lipinski definition) is 6. The van der Waals surface area contributed by atoms with Crippen molar-refractivity contribution in [2.45, 2.75) is 33.4 Å². The lowest BCUT2D eigenvalue weighted by molar-refractivity contribution is -0.145. The molecule has 0 radical (unpaired) electrons. The van der Waals surface area contributed by atoms with Gasteiger partial charge >= 0.3 is 5.97 Å². The van der Waals surface area contributed by atoms with Crippen LogP contribution in [0.5, 0.6) is 0 Å². The van der Waals surface area contributed by atoms with Crippen molar-refractivity contribution >= 4 is 29.1 Å². The van der Waals surface area contributed by atoms with Crippen LogP contribution in [0.25, 0.3) is 0 Å². The number of nitrogens with zero attached hydrogens (tertiary/aromatic N) is 4. The van der Waals surface area contributed by atoms with E-state index in [-0.39, 0.29) is 19.0 Å². The number of hydrogen-bond donors (Lipinski definition) is 0. The molecule has 0 saturated heterocycles. The summed E-state index contributed by atoms with van der Waals surface area (Å²) in [6.45, 7) is 4.43. The van der Waals surface area contributed by atoms with Gasteiger partial charge in [0.1, 0.15) is 16.6 Å². The minimum Gasteiger partial charge on any atom is -0.459 e. The maximum absolute atomic E-state index is 11.6. The number of aromatic nitrogens is 4. The maximum atomic E-state index is 11.6. The molecule has 0 aromatic carbocycles. The minimum absolute atomic E-state index is 0.0608. The van der Waals surface area contributed by atoms with E-state index in [0.29, 0.717) is 16.6 Å². The summed E-state index contributed by atoms with van der Waals surface area (Å²) in [6.07, 6.45) is 0.261. The van der Waals surface area contributed by atoms with Gasteiger partial charge in [-0.05, 0) is 19.9 Å². The molecular weight excluding hydrogens is 288 g/mol. The van der Waals surface area contributed by atoms with Gasteiger partial charge < -0.3 is 4.74 Å². The number of esters is 1. The number of ether oxygens (including phenoxy) is 1. The van der Waals surface area contributed by atoms with Gasteiger partial charge in [-0.15, -0.1) is 5.10 Å². The van der Waals surface area contributed by atoms with E-state index in [1.807, 2.05) is 19.9 Å². The fourth-order valence-corrected chi connectivity index (χ4v) is 2.20. The Kier molecular flexibility index (Phi) is 4.49. The molecule has 0 unspecified atom stereocenters. The first-order chi connectivity index (χ1) is 9.06. The zero-order chi connectivity index (χ0) is 13.8. The molecule has 6 nitrogen and oxygen atoms in total. The molecule has 0 aliphatic heterocycles. The molecule has 0 saturated carbocycles. The summed E-state index contributed by atoms with van der Waals surface area (Å²) >= 11 is 6.88. The molecule has 2 heterocycles. The largest absolute Gasteiger partial charge is 0.459 e. The van der Waals surface area contributed by atoms with Gasteiger partial charge in [0, 0.05) is 17.2 Å². The van der Waals surface area contributed by atoms with Gasteiger partial charge in [0.2, 0.25) is 0 Å². The normalized spacial score (nSPS) is 10.7. The lowest BCUT2D eigenvalue weighted by Gasteiger charge is -2.05. The van der Waals surface area contributed by atoms with E-state index in [4.69, 9.17) is 16.3 Å². The fourth-order valence-electron chi connectivity index (χ4n) is 1.60. The van der Waals surface area contributed by atoms with E-state index >= 15 is 0 Å². The summed E-state index contributed by atoms with van der Waals surface area (Å²) in [5.41, 5.74) is 2.45. The monoisotopic (exact) mass is 300 g/mol. The lowest BCUT2D eigenvalue weighted by atomic mass is 10.4. The highest BCUT2D eigenvalue weighted by atomic mass is 35.5. The average molecular weight is 301 g/mol. The van der Waals surface area contributed by atoms with E-state index in [0.717, 1.165) is 22.9 Å². The van der Waals surface area contributed by atoms with E-state index in [1.54, 1.807) is 4.68 Å². The van der Waals surface area contributed by atoms with Crippen LogP contribution in [-0.2, 0) is 22.7 Å². The summed E-state index contributed by atoms with van der Waals surface area (Å²) in [6, 6.07) is 1.96. The molecule has 102 valence electrons. The van der Waals surface area contributed by atoms with Crippen molar-refractivity contribution in [3.63, 3.8) is 0 Å². The molecule has 0 spiro atoms. The van der Waals surface area contributed by atoms with E-state index in [2.05, 4.69) is 14.7 Å². The topological polar surface area (TPSA) is 69.9 Å². The Hall–Kier alpha value is -1.47. The summed E-state index contributed by atoms with van der Waals surface area (Å²) in [7, 11) is 0. The molecule has 2 aromatic rings. The first kappa shape index (κ1) is 14.0. The molecule has 0 atom stereocenters. The van der Waals surface area contributed by atoms with Crippen molar-refractivity contribution < 1.29 is 9.53 Å². The van der Waals surface area contributed by atoms with Gasteiger partial charge in [0.25, 0.3) is 0 Å². The Bertz CT molecular complexity index is 581. The second-order valence-corrected chi connectivity index (χ2v) is 5.41. The van der Waals surface area contributed by atoms with Crippen LogP contribution >= 0.6 is 23.1 Å². The lowest BCUT2D eigenvalue weighted by Crippen LogP contribution is -2.11. The Morgan fingerprint density at radius 3 is 2.89 bits per heavy atom. The third-order valence-corrected chi connectivity index (χ3v) is 3.49. The van der Waals surface area contributed by atoms with Crippen LogP contribution in [0.15, 0.2) is 6.07 Å². The Labute approximate surface area is 119 Å². The number of carbonyl (C=O) groups excluding carboxylic acids is 1. The second-order valence-electron chi connectivity index (χ2n) is 4.05. The summed E-state index contributed by atoms with van der Waals surface area (Å²) < 4.78 is 11.0. The summed E-state index contributed by atoms with van der Waals surface area (Å²) in [5.74, 6) is -0.309. The number of halogens is 1. The molecule has 2 rings (SSSR count). The average Bonchev–Trinajstić information content (AvgIpc) is 2.90. The highest BCUT2D eigenvalue weighted by Gasteiger charge is 2.10. The van der Waals surface area contributed by atoms with Gasteiger partial charge in [-0.3, -0.25) is 9.48 Å². The number of carbonyl (C=O) groups is 1. The van der Waals surface area contributed by atoms with Crippen LogP contribution in [0, 0.1) is 13.8 Å². The SMILES string of the molecule is Cc1cc(C)n(CCC(=O)OCc2nnsc2Cl)n1.